The van der Waals surface area contributed by atoms with E-state index in [4.69, 9.17) is 5.11 Å². The standard InChI is InChI=1S/C23H28O2S/c1-14(11-16-7-8-20(26-16)21(24)25)17-13-19-18(12-15(17)2)22(3,4)9-10-23(19,5)6/h7-8,12-13H,1,9-11H2,2-6H3,(H,24,25). The average Bonchev–Trinajstić information content (AvgIpc) is 3.00. The summed E-state index contributed by atoms with van der Waals surface area (Å²) in [5, 5.41) is 9.12. The van der Waals surface area contributed by atoms with Gasteiger partial charge in [0.25, 0.3) is 0 Å². The summed E-state index contributed by atoms with van der Waals surface area (Å²) in [7, 11) is 0. The van der Waals surface area contributed by atoms with Crippen LogP contribution >= 0.6 is 11.3 Å². The number of fused-ring (bicyclic) bond motifs is 1. The van der Waals surface area contributed by atoms with Gasteiger partial charge in [0.2, 0.25) is 0 Å². The van der Waals surface area contributed by atoms with Crippen LogP contribution in [0.1, 0.15) is 77.3 Å². The Labute approximate surface area is 160 Å². The van der Waals surface area contributed by atoms with Gasteiger partial charge in [0.1, 0.15) is 4.88 Å². The second kappa shape index (κ2) is 6.38. The molecular weight excluding hydrogens is 340 g/mol. The second-order valence-electron chi connectivity index (χ2n) is 8.83. The Morgan fingerprint density at radius 1 is 1.12 bits per heavy atom. The molecule has 3 rings (SSSR count). The minimum Gasteiger partial charge on any atom is -0.477 e. The SMILES string of the molecule is C=C(Cc1ccc(C(=O)O)s1)c1cc2c(cc1C)C(C)(C)CCC2(C)C. The van der Waals surface area contributed by atoms with Crippen molar-refractivity contribution >= 4 is 22.9 Å². The minimum absolute atomic E-state index is 0.174. The van der Waals surface area contributed by atoms with Crippen LogP contribution < -0.4 is 0 Å². The minimum atomic E-state index is -0.860. The van der Waals surface area contributed by atoms with E-state index in [0.717, 1.165) is 10.5 Å². The number of aryl methyl sites for hydroxylation is 1. The zero-order chi connectivity index (χ0) is 19.3. The van der Waals surface area contributed by atoms with Gasteiger partial charge in [-0.05, 0) is 70.6 Å². The van der Waals surface area contributed by atoms with Crippen molar-refractivity contribution in [1.29, 1.82) is 0 Å². The van der Waals surface area contributed by atoms with Crippen molar-refractivity contribution in [3.63, 3.8) is 0 Å². The summed E-state index contributed by atoms with van der Waals surface area (Å²) in [6.45, 7) is 15.8. The zero-order valence-electron chi connectivity index (χ0n) is 16.4. The molecule has 0 fully saturated rings. The number of carboxylic acids is 1. The van der Waals surface area contributed by atoms with E-state index in [9.17, 15) is 4.79 Å². The highest BCUT2D eigenvalue weighted by molar-refractivity contribution is 7.14. The highest BCUT2D eigenvalue weighted by Gasteiger charge is 2.37. The van der Waals surface area contributed by atoms with Crippen LogP contribution in [0.5, 0.6) is 0 Å². The van der Waals surface area contributed by atoms with E-state index in [2.05, 4.69) is 53.3 Å². The van der Waals surface area contributed by atoms with Gasteiger partial charge in [-0.1, -0.05) is 46.4 Å². The van der Waals surface area contributed by atoms with Gasteiger partial charge in [-0.3, -0.25) is 0 Å². The van der Waals surface area contributed by atoms with Crippen LogP contribution in [0.15, 0.2) is 30.8 Å². The van der Waals surface area contributed by atoms with E-state index >= 15 is 0 Å². The van der Waals surface area contributed by atoms with Gasteiger partial charge < -0.3 is 5.11 Å². The molecule has 0 radical (unpaired) electrons. The Hall–Kier alpha value is -1.87. The van der Waals surface area contributed by atoms with Gasteiger partial charge in [0.05, 0.1) is 0 Å². The Morgan fingerprint density at radius 2 is 1.69 bits per heavy atom. The molecule has 138 valence electrons. The molecule has 0 saturated carbocycles. The topological polar surface area (TPSA) is 37.3 Å². The number of rotatable bonds is 4. The summed E-state index contributed by atoms with van der Waals surface area (Å²) < 4.78 is 0. The molecule has 1 aromatic carbocycles. The zero-order valence-corrected chi connectivity index (χ0v) is 17.2. The average molecular weight is 369 g/mol. The molecule has 1 heterocycles. The second-order valence-corrected chi connectivity index (χ2v) is 10.0. The van der Waals surface area contributed by atoms with Crippen LogP contribution in [-0.4, -0.2) is 11.1 Å². The molecular formula is C23H28O2S. The molecule has 1 N–H and O–H groups in total. The first-order chi connectivity index (χ1) is 12.0. The fourth-order valence-electron chi connectivity index (χ4n) is 4.00. The van der Waals surface area contributed by atoms with Gasteiger partial charge in [0, 0.05) is 11.3 Å². The van der Waals surface area contributed by atoms with Crippen molar-refractivity contribution in [2.75, 3.05) is 0 Å². The monoisotopic (exact) mass is 368 g/mol. The van der Waals surface area contributed by atoms with Crippen LogP contribution in [0.4, 0.5) is 0 Å². The van der Waals surface area contributed by atoms with Crippen molar-refractivity contribution in [2.24, 2.45) is 0 Å². The van der Waals surface area contributed by atoms with Gasteiger partial charge >= 0.3 is 5.97 Å². The quantitative estimate of drug-likeness (QED) is 0.682. The van der Waals surface area contributed by atoms with Crippen LogP contribution in [0, 0.1) is 6.92 Å². The molecule has 0 spiro atoms. The largest absolute Gasteiger partial charge is 0.477 e. The van der Waals surface area contributed by atoms with E-state index in [0.29, 0.717) is 11.3 Å². The number of hydrogen-bond donors (Lipinski definition) is 1. The molecule has 0 saturated heterocycles. The Bertz CT molecular complexity index is 884. The lowest BCUT2D eigenvalue weighted by molar-refractivity contribution is 0.0702. The first kappa shape index (κ1) is 18.9. The lowest BCUT2D eigenvalue weighted by Crippen LogP contribution is -2.34. The number of hydrogen-bond acceptors (Lipinski definition) is 2. The molecule has 26 heavy (non-hydrogen) atoms. The highest BCUT2D eigenvalue weighted by Crippen LogP contribution is 2.47. The maximum atomic E-state index is 11.1. The number of carboxylic acid groups (broad SMARTS) is 1. The first-order valence-electron chi connectivity index (χ1n) is 9.17. The molecule has 0 atom stereocenters. The fourth-order valence-corrected chi connectivity index (χ4v) is 4.88. The predicted molar refractivity (Wildman–Crippen MR) is 110 cm³/mol. The molecule has 0 bridgehead atoms. The van der Waals surface area contributed by atoms with Crippen LogP contribution in [0.3, 0.4) is 0 Å². The summed E-state index contributed by atoms with van der Waals surface area (Å²) in [5.74, 6) is -0.860. The smallest absolute Gasteiger partial charge is 0.345 e. The first-order valence-corrected chi connectivity index (χ1v) is 9.99. The third-order valence-corrected chi connectivity index (χ3v) is 6.91. The number of allylic oxidation sites excluding steroid dienone is 1. The van der Waals surface area contributed by atoms with Crippen molar-refractivity contribution in [3.8, 4) is 0 Å². The molecule has 0 unspecified atom stereocenters. The normalized spacial score (nSPS) is 17.6. The Balaban J connectivity index is 1.97. The van der Waals surface area contributed by atoms with Crippen LogP contribution in [-0.2, 0) is 17.3 Å². The van der Waals surface area contributed by atoms with Gasteiger partial charge in [-0.25, -0.2) is 4.79 Å². The molecule has 2 nitrogen and oxygen atoms in total. The van der Waals surface area contributed by atoms with Crippen LogP contribution in [0.25, 0.3) is 5.57 Å². The Morgan fingerprint density at radius 3 is 2.23 bits per heavy atom. The highest BCUT2D eigenvalue weighted by atomic mass is 32.1. The summed E-state index contributed by atoms with van der Waals surface area (Å²) in [4.78, 5) is 12.5. The lowest BCUT2D eigenvalue weighted by atomic mass is 9.62. The molecule has 1 aromatic heterocycles. The molecule has 2 aromatic rings. The fraction of sp³-hybridized carbons (Fsp3) is 0.435. The molecule has 0 aliphatic heterocycles. The van der Waals surface area contributed by atoms with Crippen LogP contribution in [0.2, 0.25) is 0 Å². The number of benzene rings is 1. The van der Waals surface area contributed by atoms with E-state index < -0.39 is 5.97 Å². The molecule has 0 amide bonds. The summed E-state index contributed by atoms with van der Waals surface area (Å²) in [5.41, 5.74) is 6.81. The van der Waals surface area contributed by atoms with E-state index in [-0.39, 0.29) is 10.8 Å². The van der Waals surface area contributed by atoms with Crippen molar-refractivity contribution in [2.45, 2.75) is 64.7 Å². The van der Waals surface area contributed by atoms with Gasteiger partial charge in [0.15, 0.2) is 0 Å². The van der Waals surface area contributed by atoms with E-state index in [1.807, 2.05) is 6.07 Å². The number of aromatic carboxylic acids is 1. The summed E-state index contributed by atoms with van der Waals surface area (Å²) in [6, 6.07) is 8.29. The number of carbonyl (C=O) groups is 1. The number of thiophene rings is 1. The van der Waals surface area contributed by atoms with E-state index in [1.54, 1.807) is 6.07 Å². The van der Waals surface area contributed by atoms with Crippen molar-refractivity contribution in [3.05, 3.63) is 62.9 Å². The summed E-state index contributed by atoms with van der Waals surface area (Å²) >= 11 is 1.34. The third-order valence-electron chi connectivity index (χ3n) is 5.84. The maximum absolute atomic E-state index is 11.1. The van der Waals surface area contributed by atoms with Crippen molar-refractivity contribution < 1.29 is 9.90 Å². The van der Waals surface area contributed by atoms with Crippen molar-refractivity contribution in [1.82, 2.24) is 0 Å². The summed E-state index contributed by atoms with van der Waals surface area (Å²) in [6.07, 6.45) is 3.09. The van der Waals surface area contributed by atoms with Gasteiger partial charge in [-0.2, -0.15) is 0 Å². The maximum Gasteiger partial charge on any atom is 0.345 e. The molecule has 1 aliphatic rings. The molecule has 1 aliphatic carbocycles. The lowest BCUT2D eigenvalue weighted by Gasteiger charge is -2.42. The van der Waals surface area contributed by atoms with Gasteiger partial charge in [-0.15, -0.1) is 11.3 Å². The Kier molecular flexibility index (Phi) is 4.64. The van der Waals surface area contributed by atoms with E-state index in [1.165, 1.54) is 46.4 Å². The molecule has 3 heteroatoms. The predicted octanol–water partition coefficient (Wildman–Crippen LogP) is 6.36. The third kappa shape index (κ3) is 3.37.